The Kier molecular flexibility index (Phi) is 6.84. The SMILES string of the molecule is COc1ccc(-c2ccc(N3CCN(C(=O)Nc4cc(Cl)ccc4C)CC3)nn2)cc1OC. The van der Waals surface area contributed by atoms with E-state index in [0.717, 1.165) is 28.3 Å². The average molecular weight is 468 g/mol. The van der Waals surface area contributed by atoms with Crippen molar-refractivity contribution in [2.24, 2.45) is 0 Å². The van der Waals surface area contributed by atoms with Gasteiger partial charge in [-0.05, 0) is 55.0 Å². The summed E-state index contributed by atoms with van der Waals surface area (Å²) in [5.74, 6) is 2.09. The molecular formula is C24H26ClN5O3. The van der Waals surface area contributed by atoms with E-state index in [-0.39, 0.29) is 6.03 Å². The molecule has 4 rings (SSSR count). The van der Waals surface area contributed by atoms with Crippen molar-refractivity contribution in [1.82, 2.24) is 15.1 Å². The van der Waals surface area contributed by atoms with E-state index in [2.05, 4.69) is 20.4 Å². The highest BCUT2D eigenvalue weighted by molar-refractivity contribution is 6.31. The Bertz CT molecular complexity index is 1130. The first-order chi connectivity index (χ1) is 16.0. The molecule has 2 heterocycles. The standard InChI is InChI=1S/C24H26ClN5O3/c1-16-4-6-18(25)15-20(16)26-24(31)30-12-10-29(11-13-30)23-9-7-19(27-28-23)17-5-8-21(32-2)22(14-17)33-3/h4-9,14-15H,10-13H2,1-3H3,(H,26,31). The third-order valence-electron chi connectivity index (χ3n) is 5.66. The number of carbonyl (C=O) groups is 1. The average Bonchev–Trinajstić information content (AvgIpc) is 2.86. The number of aryl methyl sites for hydroxylation is 1. The summed E-state index contributed by atoms with van der Waals surface area (Å²) in [6, 6.07) is 14.9. The predicted octanol–water partition coefficient (Wildman–Crippen LogP) is 4.48. The van der Waals surface area contributed by atoms with E-state index in [1.165, 1.54) is 0 Å². The minimum Gasteiger partial charge on any atom is -0.493 e. The highest BCUT2D eigenvalue weighted by Gasteiger charge is 2.22. The van der Waals surface area contributed by atoms with Gasteiger partial charge in [0.1, 0.15) is 0 Å². The summed E-state index contributed by atoms with van der Waals surface area (Å²) in [5, 5.41) is 12.3. The number of methoxy groups -OCH3 is 2. The van der Waals surface area contributed by atoms with E-state index in [4.69, 9.17) is 21.1 Å². The third-order valence-corrected chi connectivity index (χ3v) is 5.90. The van der Waals surface area contributed by atoms with Gasteiger partial charge in [0.25, 0.3) is 0 Å². The Morgan fingerprint density at radius 1 is 0.939 bits per heavy atom. The van der Waals surface area contributed by atoms with Gasteiger partial charge in [0.05, 0.1) is 19.9 Å². The fraction of sp³-hybridized carbons (Fsp3) is 0.292. The van der Waals surface area contributed by atoms with Gasteiger partial charge >= 0.3 is 6.03 Å². The molecule has 1 saturated heterocycles. The van der Waals surface area contributed by atoms with Gasteiger partial charge in [0.15, 0.2) is 17.3 Å². The number of nitrogens with one attached hydrogen (secondary N) is 1. The number of hydrogen-bond donors (Lipinski definition) is 1. The Morgan fingerprint density at radius 2 is 1.70 bits per heavy atom. The lowest BCUT2D eigenvalue weighted by molar-refractivity contribution is 0.208. The van der Waals surface area contributed by atoms with Crippen molar-refractivity contribution >= 4 is 29.1 Å². The second-order valence-electron chi connectivity index (χ2n) is 7.71. The molecule has 1 fully saturated rings. The molecule has 8 nitrogen and oxygen atoms in total. The zero-order valence-electron chi connectivity index (χ0n) is 18.8. The Morgan fingerprint density at radius 3 is 2.36 bits per heavy atom. The van der Waals surface area contributed by atoms with Crippen molar-refractivity contribution in [1.29, 1.82) is 0 Å². The van der Waals surface area contributed by atoms with Crippen molar-refractivity contribution in [3.63, 3.8) is 0 Å². The topological polar surface area (TPSA) is 79.8 Å². The van der Waals surface area contributed by atoms with Gasteiger partial charge in [-0.3, -0.25) is 0 Å². The van der Waals surface area contributed by atoms with Crippen LogP contribution < -0.4 is 19.7 Å². The number of halogens is 1. The van der Waals surface area contributed by atoms with Gasteiger partial charge in [0.2, 0.25) is 0 Å². The Hall–Kier alpha value is -3.52. The predicted molar refractivity (Wildman–Crippen MR) is 130 cm³/mol. The number of urea groups is 1. The number of ether oxygens (including phenoxy) is 2. The van der Waals surface area contributed by atoms with Crippen molar-refractivity contribution in [3.8, 4) is 22.8 Å². The first kappa shape index (κ1) is 22.7. The maximum Gasteiger partial charge on any atom is 0.321 e. The molecular weight excluding hydrogens is 442 g/mol. The molecule has 1 aromatic heterocycles. The van der Waals surface area contributed by atoms with Gasteiger partial charge in [-0.1, -0.05) is 17.7 Å². The highest BCUT2D eigenvalue weighted by Crippen LogP contribution is 2.31. The van der Waals surface area contributed by atoms with Crippen LogP contribution in [0.5, 0.6) is 11.5 Å². The van der Waals surface area contributed by atoms with Crippen molar-refractivity contribution in [2.75, 3.05) is 50.6 Å². The van der Waals surface area contributed by atoms with Crippen LogP contribution in [0.1, 0.15) is 5.56 Å². The van der Waals surface area contributed by atoms with Crippen LogP contribution in [0.25, 0.3) is 11.3 Å². The molecule has 0 atom stereocenters. The normalized spacial score (nSPS) is 13.6. The summed E-state index contributed by atoms with van der Waals surface area (Å²) in [7, 11) is 3.21. The molecule has 2 aromatic carbocycles. The number of piperazine rings is 1. The van der Waals surface area contributed by atoms with Gasteiger partial charge < -0.3 is 24.6 Å². The number of carbonyl (C=O) groups excluding carboxylic acids is 1. The summed E-state index contributed by atoms with van der Waals surface area (Å²) >= 11 is 6.06. The number of benzene rings is 2. The molecule has 172 valence electrons. The zero-order chi connectivity index (χ0) is 23.4. The lowest BCUT2D eigenvalue weighted by Gasteiger charge is -2.35. The summed E-state index contributed by atoms with van der Waals surface area (Å²) in [4.78, 5) is 16.6. The molecule has 0 unspecified atom stereocenters. The van der Waals surface area contributed by atoms with Crippen LogP contribution in [0, 0.1) is 6.92 Å². The molecule has 1 N–H and O–H groups in total. The van der Waals surface area contributed by atoms with E-state index < -0.39 is 0 Å². The smallest absolute Gasteiger partial charge is 0.321 e. The first-order valence-electron chi connectivity index (χ1n) is 10.6. The van der Waals surface area contributed by atoms with Gasteiger partial charge in [-0.15, -0.1) is 10.2 Å². The molecule has 33 heavy (non-hydrogen) atoms. The molecule has 2 amide bonds. The minimum absolute atomic E-state index is 0.130. The second kappa shape index (κ2) is 9.95. The fourth-order valence-corrected chi connectivity index (χ4v) is 3.88. The number of aromatic nitrogens is 2. The van der Waals surface area contributed by atoms with E-state index in [1.807, 2.05) is 49.4 Å². The van der Waals surface area contributed by atoms with Gasteiger partial charge in [-0.25, -0.2) is 4.79 Å². The molecule has 0 spiro atoms. The van der Waals surface area contributed by atoms with Crippen molar-refractivity contribution in [2.45, 2.75) is 6.92 Å². The van der Waals surface area contributed by atoms with Gasteiger partial charge in [-0.2, -0.15) is 0 Å². The fourth-order valence-electron chi connectivity index (χ4n) is 3.71. The van der Waals surface area contributed by atoms with Crippen molar-refractivity contribution < 1.29 is 14.3 Å². The summed E-state index contributed by atoms with van der Waals surface area (Å²) in [6.07, 6.45) is 0. The number of nitrogens with zero attached hydrogens (tertiary/aromatic N) is 4. The van der Waals surface area contributed by atoms with Crippen LogP contribution in [0.3, 0.4) is 0 Å². The molecule has 0 radical (unpaired) electrons. The molecule has 3 aromatic rings. The quantitative estimate of drug-likeness (QED) is 0.596. The van der Waals surface area contributed by atoms with E-state index in [9.17, 15) is 4.79 Å². The maximum absolute atomic E-state index is 12.7. The number of anilines is 2. The molecule has 1 aliphatic heterocycles. The minimum atomic E-state index is -0.130. The van der Waals surface area contributed by atoms with E-state index in [0.29, 0.717) is 42.7 Å². The maximum atomic E-state index is 12.7. The van der Waals surface area contributed by atoms with E-state index in [1.54, 1.807) is 25.2 Å². The Balaban J connectivity index is 1.37. The number of rotatable bonds is 5. The molecule has 1 aliphatic rings. The lowest BCUT2D eigenvalue weighted by Crippen LogP contribution is -2.50. The second-order valence-corrected chi connectivity index (χ2v) is 8.15. The highest BCUT2D eigenvalue weighted by atomic mass is 35.5. The summed E-state index contributed by atoms with van der Waals surface area (Å²) < 4.78 is 10.7. The number of hydrogen-bond acceptors (Lipinski definition) is 6. The van der Waals surface area contributed by atoms with E-state index >= 15 is 0 Å². The summed E-state index contributed by atoms with van der Waals surface area (Å²) in [6.45, 7) is 4.46. The zero-order valence-corrected chi connectivity index (χ0v) is 19.6. The monoisotopic (exact) mass is 467 g/mol. The van der Waals surface area contributed by atoms with Crippen LogP contribution in [0.4, 0.5) is 16.3 Å². The first-order valence-corrected chi connectivity index (χ1v) is 11.0. The Labute approximate surface area is 198 Å². The van der Waals surface area contributed by atoms with Crippen LogP contribution >= 0.6 is 11.6 Å². The molecule has 0 saturated carbocycles. The molecule has 0 bridgehead atoms. The summed E-state index contributed by atoms with van der Waals surface area (Å²) in [5.41, 5.74) is 3.34. The van der Waals surface area contributed by atoms with Crippen molar-refractivity contribution in [3.05, 3.63) is 59.1 Å². The van der Waals surface area contributed by atoms with Crippen LogP contribution in [0.15, 0.2) is 48.5 Å². The molecule has 0 aliphatic carbocycles. The van der Waals surface area contributed by atoms with Crippen LogP contribution in [0.2, 0.25) is 5.02 Å². The lowest BCUT2D eigenvalue weighted by atomic mass is 10.1. The number of amides is 2. The van der Waals surface area contributed by atoms with Crippen LogP contribution in [-0.2, 0) is 0 Å². The van der Waals surface area contributed by atoms with Gasteiger partial charge in [0, 0.05) is 42.5 Å². The largest absolute Gasteiger partial charge is 0.493 e. The van der Waals surface area contributed by atoms with Crippen LogP contribution in [-0.4, -0.2) is 61.5 Å². The third kappa shape index (κ3) is 5.12. The molecule has 9 heteroatoms.